The fourth-order valence-electron chi connectivity index (χ4n) is 2.00. The van der Waals surface area contributed by atoms with E-state index in [1.54, 1.807) is 21.3 Å². The lowest BCUT2D eigenvalue weighted by atomic mass is 10.1. The van der Waals surface area contributed by atoms with Gasteiger partial charge in [-0.15, -0.1) is 0 Å². The molecule has 2 rings (SSSR count). The number of rotatable bonds is 5. The van der Waals surface area contributed by atoms with E-state index in [2.05, 4.69) is 4.99 Å². The van der Waals surface area contributed by atoms with Crippen molar-refractivity contribution in [1.29, 1.82) is 0 Å². The van der Waals surface area contributed by atoms with Crippen LogP contribution < -0.4 is 14.2 Å². The summed E-state index contributed by atoms with van der Waals surface area (Å²) in [4.78, 5) is 4.61. The van der Waals surface area contributed by atoms with Crippen molar-refractivity contribution in [3.8, 4) is 17.2 Å². The van der Waals surface area contributed by atoms with E-state index in [9.17, 15) is 0 Å². The lowest BCUT2D eigenvalue weighted by Crippen LogP contribution is -1.95. The van der Waals surface area contributed by atoms with Crippen molar-refractivity contribution in [1.82, 2.24) is 0 Å². The number of hydrogen-bond acceptors (Lipinski definition) is 4. The summed E-state index contributed by atoms with van der Waals surface area (Å²) in [6.07, 6.45) is 0. The quantitative estimate of drug-likeness (QED) is 0.783. The summed E-state index contributed by atoms with van der Waals surface area (Å²) >= 11 is 0. The van der Waals surface area contributed by atoms with Gasteiger partial charge in [0.05, 0.1) is 27.0 Å². The monoisotopic (exact) mass is 285 g/mol. The van der Waals surface area contributed by atoms with E-state index in [1.807, 2.05) is 49.4 Å². The first-order chi connectivity index (χ1) is 10.2. The van der Waals surface area contributed by atoms with E-state index in [4.69, 9.17) is 14.2 Å². The van der Waals surface area contributed by atoms with Crippen LogP contribution >= 0.6 is 0 Å². The summed E-state index contributed by atoms with van der Waals surface area (Å²) in [5.74, 6) is 2.17. The van der Waals surface area contributed by atoms with E-state index < -0.39 is 0 Å². The van der Waals surface area contributed by atoms with Crippen LogP contribution in [0.2, 0.25) is 0 Å². The highest BCUT2D eigenvalue weighted by Gasteiger charge is 2.05. The molecule has 0 spiro atoms. The van der Waals surface area contributed by atoms with Crippen molar-refractivity contribution in [2.45, 2.75) is 6.92 Å². The van der Waals surface area contributed by atoms with Crippen LogP contribution in [-0.2, 0) is 0 Å². The molecule has 0 saturated carbocycles. The molecule has 0 heterocycles. The van der Waals surface area contributed by atoms with Gasteiger partial charge >= 0.3 is 0 Å². The van der Waals surface area contributed by atoms with E-state index in [0.29, 0.717) is 11.5 Å². The first kappa shape index (κ1) is 14.9. The van der Waals surface area contributed by atoms with Crippen molar-refractivity contribution in [3.63, 3.8) is 0 Å². The molecular formula is C17H19NO3. The van der Waals surface area contributed by atoms with Crippen molar-refractivity contribution in [2.24, 2.45) is 4.99 Å². The zero-order chi connectivity index (χ0) is 15.2. The molecule has 0 saturated heterocycles. The molecule has 4 heteroatoms. The third kappa shape index (κ3) is 3.54. The number of ether oxygens (including phenoxy) is 3. The number of benzene rings is 2. The smallest absolute Gasteiger partial charge is 0.162 e. The Morgan fingerprint density at radius 2 is 1.62 bits per heavy atom. The fraction of sp³-hybridized carbons (Fsp3) is 0.235. The molecule has 2 aromatic carbocycles. The van der Waals surface area contributed by atoms with Crippen LogP contribution in [0, 0.1) is 0 Å². The van der Waals surface area contributed by atoms with Gasteiger partial charge in [-0.25, -0.2) is 0 Å². The molecule has 0 unspecified atom stereocenters. The predicted octanol–water partition coefficient (Wildman–Crippen LogP) is 3.85. The Kier molecular flexibility index (Phi) is 4.82. The molecule has 0 aliphatic rings. The second-order valence-corrected chi connectivity index (χ2v) is 4.47. The largest absolute Gasteiger partial charge is 0.497 e. The first-order valence-electron chi connectivity index (χ1n) is 6.59. The maximum Gasteiger partial charge on any atom is 0.162 e. The van der Waals surface area contributed by atoms with Crippen molar-refractivity contribution < 1.29 is 14.2 Å². The minimum atomic E-state index is 0.664. The average Bonchev–Trinajstić information content (AvgIpc) is 2.54. The summed E-state index contributed by atoms with van der Waals surface area (Å²) in [7, 11) is 4.88. The standard InChI is InChI=1S/C17H19NO3/c1-12(13-6-5-7-15(10-13)19-2)18-14-8-9-16(20-3)17(11-14)21-4/h5-11H,1-4H3. The predicted molar refractivity (Wildman–Crippen MR) is 84.4 cm³/mol. The highest BCUT2D eigenvalue weighted by Crippen LogP contribution is 2.31. The van der Waals surface area contributed by atoms with E-state index in [-0.39, 0.29) is 0 Å². The Labute approximate surface area is 125 Å². The molecule has 2 aromatic rings. The Morgan fingerprint density at radius 1 is 0.857 bits per heavy atom. The van der Waals surface area contributed by atoms with Gasteiger partial charge in [0.1, 0.15) is 5.75 Å². The van der Waals surface area contributed by atoms with Crippen LogP contribution in [0.5, 0.6) is 17.2 Å². The molecule has 0 atom stereocenters. The van der Waals surface area contributed by atoms with Crippen LogP contribution in [-0.4, -0.2) is 27.0 Å². The zero-order valence-electron chi connectivity index (χ0n) is 12.7. The highest BCUT2D eigenvalue weighted by molar-refractivity contribution is 6.00. The molecule has 4 nitrogen and oxygen atoms in total. The molecule has 0 bridgehead atoms. The van der Waals surface area contributed by atoms with Gasteiger partial charge in [-0.1, -0.05) is 12.1 Å². The summed E-state index contributed by atoms with van der Waals surface area (Å²) in [6, 6.07) is 13.4. The number of aliphatic imine (C=N–C) groups is 1. The minimum Gasteiger partial charge on any atom is -0.497 e. The van der Waals surface area contributed by atoms with Gasteiger partial charge in [-0.2, -0.15) is 0 Å². The lowest BCUT2D eigenvalue weighted by Gasteiger charge is -2.08. The van der Waals surface area contributed by atoms with Gasteiger partial charge in [0, 0.05) is 11.8 Å². The Balaban J connectivity index is 2.33. The zero-order valence-corrected chi connectivity index (χ0v) is 12.7. The maximum atomic E-state index is 5.29. The van der Waals surface area contributed by atoms with Crippen LogP contribution in [0.4, 0.5) is 5.69 Å². The molecule has 0 radical (unpaired) electrons. The number of hydrogen-bond donors (Lipinski definition) is 0. The van der Waals surface area contributed by atoms with Gasteiger partial charge in [0.25, 0.3) is 0 Å². The summed E-state index contributed by atoms with van der Waals surface area (Å²) < 4.78 is 15.7. The highest BCUT2D eigenvalue weighted by atomic mass is 16.5. The molecule has 0 aliphatic heterocycles. The minimum absolute atomic E-state index is 0.664. The maximum absolute atomic E-state index is 5.29. The van der Waals surface area contributed by atoms with Crippen molar-refractivity contribution in [3.05, 3.63) is 48.0 Å². The Morgan fingerprint density at radius 3 is 2.29 bits per heavy atom. The molecule has 0 aromatic heterocycles. The molecule has 0 aliphatic carbocycles. The second kappa shape index (κ2) is 6.79. The molecule has 110 valence electrons. The van der Waals surface area contributed by atoms with Gasteiger partial charge < -0.3 is 14.2 Å². The summed E-state index contributed by atoms with van der Waals surface area (Å²) in [5.41, 5.74) is 2.73. The topological polar surface area (TPSA) is 40.0 Å². The van der Waals surface area contributed by atoms with E-state index in [0.717, 1.165) is 22.7 Å². The summed E-state index contributed by atoms with van der Waals surface area (Å²) in [5, 5.41) is 0. The van der Waals surface area contributed by atoms with Crippen molar-refractivity contribution in [2.75, 3.05) is 21.3 Å². The van der Waals surface area contributed by atoms with E-state index >= 15 is 0 Å². The number of nitrogens with zero attached hydrogens (tertiary/aromatic N) is 1. The molecular weight excluding hydrogens is 266 g/mol. The Bertz CT molecular complexity index is 650. The SMILES string of the molecule is COc1cccc(C(C)=Nc2ccc(OC)c(OC)c2)c1. The second-order valence-electron chi connectivity index (χ2n) is 4.47. The third-order valence-electron chi connectivity index (χ3n) is 3.15. The van der Waals surface area contributed by atoms with Crippen LogP contribution in [0.1, 0.15) is 12.5 Å². The van der Waals surface area contributed by atoms with Crippen LogP contribution in [0.25, 0.3) is 0 Å². The molecule has 0 N–H and O–H groups in total. The molecule has 0 fully saturated rings. The van der Waals surface area contributed by atoms with Crippen LogP contribution in [0.15, 0.2) is 47.5 Å². The fourth-order valence-corrected chi connectivity index (χ4v) is 2.00. The van der Waals surface area contributed by atoms with E-state index in [1.165, 1.54) is 0 Å². The average molecular weight is 285 g/mol. The Hall–Kier alpha value is -2.49. The van der Waals surface area contributed by atoms with Crippen LogP contribution in [0.3, 0.4) is 0 Å². The third-order valence-corrected chi connectivity index (χ3v) is 3.15. The van der Waals surface area contributed by atoms with Gasteiger partial charge in [0.15, 0.2) is 11.5 Å². The first-order valence-corrected chi connectivity index (χ1v) is 6.59. The normalized spacial score (nSPS) is 11.1. The molecule has 21 heavy (non-hydrogen) atoms. The van der Waals surface area contributed by atoms with Gasteiger partial charge in [-0.3, -0.25) is 4.99 Å². The lowest BCUT2D eigenvalue weighted by molar-refractivity contribution is 0.355. The van der Waals surface area contributed by atoms with Gasteiger partial charge in [0.2, 0.25) is 0 Å². The summed E-state index contributed by atoms with van der Waals surface area (Å²) in [6.45, 7) is 1.96. The van der Waals surface area contributed by atoms with Gasteiger partial charge in [-0.05, 0) is 36.8 Å². The number of methoxy groups -OCH3 is 3. The van der Waals surface area contributed by atoms with Crippen molar-refractivity contribution >= 4 is 11.4 Å². The molecule has 0 amide bonds.